The van der Waals surface area contributed by atoms with Crippen molar-refractivity contribution in [1.29, 1.82) is 0 Å². The van der Waals surface area contributed by atoms with Gasteiger partial charge in [-0.3, -0.25) is 9.59 Å². The number of amides is 2. The summed E-state index contributed by atoms with van der Waals surface area (Å²) in [5.41, 5.74) is 3.20. The van der Waals surface area contributed by atoms with Gasteiger partial charge in [-0.25, -0.2) is 4.98 Å². The van der Waals surface area contributed by atoms with Gasteiger partial charge in [-0.2, -0.15) is 0 Å². The van der Waals surface area contributed by atoms with Crippen molar-refractivity contribution >= 4 is 34.3 Å². The highest BCUT2D eigenvalue weighted by Gasteiger charge is 2.19. The number of aryl methyl sites for hydroxylation is 2. The predicted molar refractivity (Wildman–Crippen MR) is 99.0 cm³/mol. The third-order valence-corrected chi connectivity index (χ3v) is 4.85. The van der Waals surface area contributed by atoms with Crippen LogP contribution in [-0.2, 0) is 4.79 Å². The SMILES string of the molecule is Cc1cc(C)c2nc(Cl)c(C(=O)NCC(=O)N3CCCCC3)cc2c1. The lowest BCUT2D eigenvalue weighted by atomic mass is 10.1. The third-order valence-electron chi connectivity index (χ3n) is 4.56. The summed E-state index contributed by atoms with van der Waals surface area (Å²) in [6.45, 7) is 5.49. The molecule has 6 heteroatoms. The maximum absolute atomic E-state index is 12.5. The Morgan fingerprint density at radius 2 is 1.88 bits per heavy atom. The lowest BCUT2D eigenvalue weighted by Gasteiger charge is -2.26. The van der Waals surface area contributed by atoms with E-state index in [1.165, 1.54) is 0 Å². The number of carbonyl (C=O) groups excluding carboxylic acids is 2. The molecule has 1 N–H and O–H groups in total. The lowest BCUT2D eigenvalue weighted by Crippen LogP contribution is -2.42. The first kappa shape index (κ1) is 17.7. The molecule has 2 heterocycles. The van der Waals surface area contributed by atoms with Gasteiger partial charge < -0.3 is 10.2 Å². The van der Waals surface area contributed by atoms with Crippen molar-refractivity contribution in [2.75, 3.05) is 19.6 Å². The molecule has 0 aliphatic carbocycles. The molecular formula is C19H22ClN3O2. The molecule has 0 spiro atoms. The number of halogens is 1. The molecule has 1 aliphatic heterocycles. The summed E-state index contributed by atoms with van der Waals surface area (Å²) in [5.74, 6) is -0.423. The molecule has 25 heavy (non-hydrogen) atoms. The molecule has 2 aromatic rings. The fraction of sp³-hybridized carbons (Fsp3) is 0.421. The van der Waals surface area contributed by atoms with Gasteiger partial charge in [-0.05, 0) is 50.8 Å². The Morgan fingerprint density at radius 3 is 2.60 bits per heavy atom. The molecule has 1 aromatic heterocycles. The second-order valence-corrected chi connectivity index (χ2v) is 6.96. The van der Waals surface area contributed by atoms with Crippen molar-refractivity contribution in [1.82, 2.24) is 15.2 Å². The summed E-state index contributed by atoms with van der Waals surface area (Å²) in [6, 6.07) is 5.75. The highest BCUT2D eigenvalue weighted by molar-refractivity contribution is 6.33. The molecule has 1 fully saturated rings. The zero-order valence-corrected chi connectivity index (χ0v) is 15.3. The van der Waals surface area contributed by atoms with E-state index >= 15 is 0 Å². The molecule has 0 radical (unpaired) electrons. The zero-order valence-electron chi connectivity index (χ0n) is 14.6. The van der Waals surface area contributed by atoms with Crippen LogP contribution in [0.25, 0.3) is 10.9 Å². The van der Waals surface area contributed by atoms with E-state index in [4.69, 9.17) is 11.6 Å². The number of fused-ring (bicyclic) bond motifs is 1. The normalized spacial score (nSPS) is 14.6. The molecule has 0 bridgehead atoms. The molecule has 1 saturated heterocycles. The van der Waals surface area contributed by atoms with E-state index < -0.39 is 0 Å². The highest BCUT2D eigenvalue weighted by Crippen LogP contribution is 2.24. The first-order valence-electron chi connectivity index (χ1n) is 8.59. The molecule has 0 atom stereocenters. The smallest absolute Gasteiger partial charge is 0.254 e. The van der Waals surface area contributed by atoms with Crippen LogP contribution in [0, 0.1) is 13.8 Å². The topological polar surface area (TPSA) is 62.3 Å². The average molecular weight is 360 g/mol. The first-order chi connectivity index (χ1) is 12.0. The minimum atomic E-state index is -0.371. The second-order valence-electron chi connectivity index (χ2n) is 6.60. The first-order valence-corrected chi connectivity index (χ1v) is 8.97. The number of rotatable bonds is 3. The van der Waals surface area contributed by atoms with Gasteiger partial charge in [0.15, 0.2) is 0 Å². The number of piperidine rings is 1. The van der Waals surface area contributed by atoms with Gasteiger partial charge >= 0.3 is 0 Å². The number of likely N-dealkylation sites (tertiary alicyclic amines) is 1. The highest BCUT2D eigenvalue weighted by atomic mass is 35.5. The van der Waals surface area contributed by atoms with E-state index in [0.29, 0.717) is 5.56 Å². The lowest BCUT2D eigenvalue weighted by molar-refractivity contribution is -0.130. The van der Waals surface area contributed by atoms with E-state index in [2.05, 4.69) is 10.3 Å². The van der Waals surface area contributed by atoms with E-state index in [0.717, 1.165) is 54.4 Å². The van der Waals surface area contributed by atoms with Crippen molar-refractivity contribution in [3.8, 4) is 0 Å². The number of aromatic nitrogens is 1. The molecular weight excluding hydrogens is 338 g/mol. The molecule has 5 nitrogen and oxygen atoms in total. The number of benzene rings is 1. The minimum Gasteiger partial charge on any atom is -0.343 e. The number of hydrogen-bond donors (Lipinski definition) is 1. The van der Waals surface area contributed by atoms with Crippen LogP contribution < -0.4 is 5.32 Å². The quantitative estimate of drug-likeness (QED) is 0.856. The number of pyridine rings is 1. The standard InChI is InChI=1S/C19H22ClN3O2/c1-12-8-13(2)17-14(9-12)10-15(18(20)22-17)19(25)21-11-16(24)23-6-4-3-5-7-23/h8-10H,3-7,11H2,1-2H3,(H,21,25). The fourth-order valence-corrected chi connectivity index (χ4v) is 3.52. The third kappa shape index (κ3) is 3.93. The van der Waals surface area contributed by atoms with Crippen molar-refractivity contribution in [2.45, 2.75) is 33.1 Å². The minimum absolute atomic E-state index is 0.0138. The Bertz CT molecular complexity index is 829. The maximum atomic E-state index is 12.5. The van der Waals surface area contributed by atoms with Crippen LogP contribution in [0.4, 0.5) is 0 Å². The van der Waals surface area contributed by atoms with E-state index in [9.17, 15) is 9.59 Å². The summed E-state index contributed by atoms with van der Waals surface area (Å²) in [4.78, 5) is 30.8. The summed E-state index contributed by atoms with van der Waals surface area (Å²) < 4.78 is 0. The van der Waals surface area contributed by atoms with Crippen molar-refractivity contribution in [3.63, 3.8) is 0 Å². The van der Waals surface area contributed by atoms with Crippen LogP contribution in [0.5, 0.6) is 0 Å². The van der Waals surface area contributed by atoms with Gasteiger partial charge in [0, 0.05) is 18.5 Å². The van der Waals surface area contributed by atoms with Gasteiger partial charge in [0.25, 0.3) is 5.91 Å². The number of carbonyl (C=O) groups is 2. The monoisotopic (exact) mass is 359 g/mol. The molecule has 132 valence electrons. The Hall–Kier alpha value is -2.14. The van der Waals surface area contributed by atoms with Crippen LogP contribution in [0.1, 0.15) is 40.7 Å². The number of hydrogen-bond acceptors (Lipinski definition) is 3. The largest absolute Gasteiger partial charge is 0.343 e. The Morgan fingerprint density at radius 1 is 1.16 bits per heavy atom. The van der Waals surface area contributed by atoms with Crippen LogP contribution in [0.2, 0.25) is 5.15 Å². The average Bonchev–Trinajstić information content (AvgIpc) is 2.60. The van der Waals surface area contributed by atoms with Crippen LogP contribution >= 0.6 is 11.6 Å². The molecule has 3 rings (SSSR count). The maximum Gasteiger partial charge on any atom is 0.254 e. The molecule has 0 unspecified atom stereocenters. The molecule has 0 saturated carbocycles. The molecule has 2 amide bonds. The van der Waals surface area contributed by atoms with Gasteiger partial charge in [-0.15, -0.1) is 0 Å². The van der Waals surface area contributed by atoms with Gasteiger partial charge in [-0.1, -0.05) is 23.2 Å². The van der Waals surface area contributed by atoms with Gasteiger partial charge in [0.05, 0.1) is 17.6 Å². The van der Waals surface area contributed by atoms with E-state index in [-0.39, 0.29) is 23.5 Å². The number of nitrogens with one attached hydrogen (secondary N) is 1. The summed E-state index contributed by atoms with van der Waals surface area (Å²) in [5, 5.41) is 3.70. The van der Waals surface area contributed by atoms with Crippen molar-refractivity contribution in [2.24, 2.45) is 0 Å². The van der Waals surface area contributed by atoms with Crippen LogP contribution in [-0.4, -0.2) is 41.3 Å². The predicted octanol–water partition coefficient (Wildman–Crippen LogP) is 3.25. The van der Waals surface area contributed by atoms with E-state index in [1.807, 2.05) is 26.0 Å². The summed E-state index contributed by atoms with van der Waals surface area (Å²) in [6.07, 6.45) is 3.21. The summed E-state index contributed by atoms with van der Waals surface area (Å²) in [7, 11) is 0. The van der Waals surface area contributed by atoms with Gasteiger partial charge in [0.2, 0.25) is 5.91 Å². The van der Waals surface area contributed by atoms with Crippen LogP contribution in [0.3, 0.4) is 0 Å². The van der Waals surface area contributed by atoms with Crippen LogP contribution in [0.15, 0.2) is 18.2 Å². The fourth-order valence-electron chi connectivity index (χ4n) is 3.29. The zero-order chi connectivity index (χ0) is 18.0. The van der Waals surface area contributed by atoms with Crippen molar-refractivity contribution < 1.29 is 9.59 Å². The Balaban J connectivity index is 1.75. The second kappa shape index (κ2) is 7.40. The van der Waals surface area contributed by atoms with Gasteiger partial charge in [0.1, 0.15) is 5.15 Å². The molecule has 1 aromatic carbocycles. The Labute approximate surface area is 152 Å². The van der Waals surface area contributed by atoms with E-state index in [1.54, 1.807) is 11.0 Å². The van der Waals surface area contributed by atoms with Crippen molar-refractivity contribution in [3.05, 3.63) is 40.0 Å². The Kier molecular flexibility index (Phi) is 5.23. The number of nitrogens with zero attached hydrogens (tertiary/aromatic N) is 2. The molecule has 1 aliphatic rings. The summed E-state index contributed by atoms with van der Waals surface area (Å²) >= 11 is 6.21.